The summed E-state index contributed by atoms with van der Waals surface area (Å²) in [7, 11) is 0. The van der Waals surface area contributed by atoms with Gasteiger partial charge in [0, 0.05) is 24.0 Å². The van der Waals surface area contributed by atoms with Crippen LogP contribution >= 0.6 is 0 Å². The normalized spacial score (nSPS) is 22.1. The largest absolute Gasteiger partial charge is 0.485 e. The molecule has 5 nitrogen and oxygen atoms in total. The first-order valence-electron chi connectivity index (χ1n) is 11.0. The molecule has 0 unspecified atom stereocenters. The molecule has 0 fully saturated rings. The molecule has 0 amide bonds. The number of fused-ring (bicyclic) bond motifs is 1. The van der Waals surface area contributed by atoms with Crippen LogP contribution in [0.2, 0.25) is 0 Å². The average molecular weight is 464 g/mol. The molecule has 4 rings (SSSR count). The van der Waals surface area contributed by atoms with E-state index in [1.807, 2.05) is 13.0 Å². The Morgan fingerprint density at radius 3 is 2.44 bits per heavy atom. The molecule has 2 atom stereocenters. The number of aromatic nitrogens is 1. The zero-order valence-corrected chi connectivity index (χ0v) is 19.7. The molecule has 7 heteroatoms. The molecule has 0 radical (unpaired) electrons. The van der Waals surface area contributed by atoms with Crippen LogP contribution < -0.4 is 10.5 Å². The van der Waals surface area contributed by atoms with E-state index in [-0.39, 0.29) is 29.7 Å². The van der Waals surface area contributed by atoms with Gasteiger partial charge in [0.05, 0.1) is 17.7 Å². The van der Waals surface area contributed by atoms with Crippen molar-refractivity contribution in [2.45, 2.75) is 51.7 Å². The lowest BCUT2D eigenvalue weighted by molar-refractivity contribution is -0.125. The van der Waals surface area contributed by atoms with Gasteiger partial charge in [-0.3, -0.25) is 14.8 Å². The summed E-state index contributed by atoms with van der Waals surface area (Å²) >= 11 is 0. The van der Waals surface area contributed by atoms with Crippen molar-refractivity contribution in [3.8, 4) is 17.0 Å². The predicted octanol–water partition coefficient (Wildman–Crippen LogP) is 5.28. The smallest absolute Gasteiger partial charge is 0.162 e. The van der Waals surface area contributed by atoms with Gasteiger partial charge in [0.25, 0.3) is 0 Å². The number of pyridine rings is 1. The summed E-state index contributed by atoms with van der Waals surface area (Å²) in [6.07, 6.45) is 2.19. The number of hydrogen-bond donors (Lipinski definition) is 1. The number of carbonyl (C=O) groups excluding carboxylic acids is 1. The van der Waals surface area contributed by atoms with Gasteiger partial charge in [-0.1, -0.05) is 12.1 Å². The third kappa shape index (κ3) is 4.55. The number of halogens is 2. The van der Waals surface area contributed by atoms with E-state index >= 15 is 0 Å². The molecule has 0 bridgehead atoms. The molecule has 0 saturated heterocycles. The number of ether oxygens (including phenoxy) is 1. The molecule has 176 valence electrons. The quantitative estimate of drug-likeness (QED) is 0.413. The molecule has 0 aliphatic carbocycles. The van der Waals surface area contributed by atoms with Crippen LogP contribution in [0.1, 0.15) is 43.9 Å². The molecule has 3 aromatic rings. The number of benzene rings is 2. The Morgan fingerprint density at radius 1 is 1.12 bits per heavy atom. The number of nitrogens with two attached hydrogens (primary N) is 1. The zero-order chi connectivity index (χ0) is 24.7. The van der Waals surface area contributed by atoms with Gasteiger partial charge in [-0.05, 0) is 75.2 Å². The van der Waals surface area contributed by atoms with Crippen molar-refractivity contribution in [1.29, 1.82) is 0 Å². The second-order valence-electron chi connectivity index (χ2n) is 9.28. The van der Waals surface area contributed by atoms with Gasteiger partial charge in [0.1, 0.15) is 23.0 Å². The van der Waals surface area contributed by atoms with Crippen LogP contribution in [0.15, 0.2) is 59.7 Å². The first-order valence-corrected chi connectivity index (χ1v) is 11.0. The molecule has 0 spiro atoms. The number of hydrogen-bond acceptors (Lipinski definition) is 4. The van der Waals surface area contributed by atoms with Crippen LogP contribution in [0.5, 0.6) is 5.75 Å². The molecule has 1 aliphatic rings. The standard InChI is InChI=1S/C27H27F2N3O2/c1-16-9-20(11-22(29)10-16)24-12-23-25(14-31-24)34-26(4,13-19-5-7-21(28)8-6-19)15-27(23,17(2)33)32-18(3)30/h5-12,14H,13,15H2,1-4H3,(H2,30,32)/t26-,27+/m1/s1. The number of aryl methyl sites for hydroxylation is 1. The van der Waals surface area contributed by atoms with Gasteiger partial charge < -0.3 is 10.5 Å². The Morgan fingerprint density at radius 2 is 1.82 bits per heavy atom. The monoisotopic (exact) mass is 463 g/mol. The first kappa shape index (κ1) is 23.5. The highest BCUT2D eigenvalue weighted by atomic mass is 19.1. The van der Waals surface area contributed by atoms with Gasteiger partial charge >= 0.3 is 0 Å². The van der Waals surface area contributed by atoms with E-state index < -0.39 is 11.1 Å². The summed E-state index contributed by atoms with van der Waals surface area (Å²) < 4.78 is 33.9. The Labute approximate surface area is 197 Å². The molecule has 2 heterocycles. The summed E-state index contributed by atoms with van der Waals surface area (Å²) in [5.74, 6) is -0.222. The lowest BCUT2D eigenvalue weighted by Gasteiger charge is -2.44. The maximum atomic E-state index is 14.1. The van der Waals surface area contributed by atoms with Crippen LogP contribution in [0, 0.1) is 18.6 Å². The van der Waals surface area contributed by atoms with Crippen LogP contribution in [0.3, 0.4) is 0 Å². The summed E-state index contributed by atoms with van der Waals surface area (Å²) in [5, 5.41) is 0. The van der Waals surface area contributed by atoms with E-state index in [4.69, 9.17) is 10.5 Å². The van der Waals surface area contributed by atoms with Crippen molar-refractivity contribution < 1.29 is 18.3 Å². The van der Waals surface area contributed by atoms with E-state index in [1.54, 1.807) is 38.2 Å². The first-order chi connectivity index (χ1) is 16.0. The number of carbonyl (C=O) groups is 1. The van der Waals surface area contributed by atoms with Crippen molar-refractivity contribution >= 4 is 11.6 Å². The number of rotatable bonds is 5. The number of amidine groups is 1. The van der Waals surface area contributed by atoms with E-state index in [2.05, 4.69) is 9.98 Å². The average Bonchev–Trinajstić information content (AvgIpc) is 2.73. The Hall–Kier alpha value is -3.61. The number of ketones is 1. The van der Waals surface area contributed by atoms with E-state index in [0.717, 1.165) is 11.1 Å². The lowest BCUT2D eigenvalue weighted by atomic mass is 9.73. The second-order valence-corrected chi connectivity index (χ2v) is 9.28. The van der Waals surface area contributed by atoms with Gasteiger partial charge in [-0.25, -0.2) is 8.78 Å². The van der Waals surface area contributed by atoms with Crippen molar-refractivity contribution in [2.24, 2.45) is 10.7 Å². The molecular weight excluding hydrogens is 436 g/mol. The van der Waals surface area contributed by atoms with E-state index in [9.17, 15) is 13.6 Å². The fourth-order valence-corrected chi connectivity index (χ4v) is 4.75. The van der Waals surface area contributed by atoms with Crippen LogP contribution in [-0.4, -0.2) is 22.2 Å². The molecule has 1 aliphatic heterocycles. The highest BCUT2D eigenvalue weighted by molar-refractivity contribution is 5.93. The zero-order valence-electron chi connectivity index (χ0n) is 19.7. The number of nitrogens with zero attached hydrogens (tertiary/aromatic N) is 2. The maximum Gasteiger partial charge on any atom is 0.162 e. The molecule has 34 heavy (non-hydrogen) atoms. The van der Waals surface area contributed by atoms with Crippen LogP contribution in [-0.2, 0) is 16.8 Å². The van der Waals surface area contributed by atoms with Gasteiger partial charge in [0.15, 0.2) is 11.3 Å². The van der Waals surface area contributed by atoms with Crippen LogP contribution in [0.4, 0.5) is 8.78 Å². The highest BCUT2D eigenvalue weighted by Crippen LogP contribution is 2.48. The Kier molecular flexibility index (Phi) is 5.98. The summed E-state index contributed by atoms with van der Waals surface area (Å²) in [6, 6.07) is 12.6. The van der Waals surface area contributed by atoms with E-state index in [0.29, 0.717) is 29.0 Å². The van der Waals surface area contributed by atoms with Crippen molar-refractivity contribution in [2.75, 3.05) is 0 Å². The fourth-order valence-electron chi connectivity index (χ4n) is 4.75. The summed E-state index contributed by atoms with van der Waals surface area (Å²) in [5.41, 5.74) is 7.10. The minimum Gasteiger partial charge on any atom is -0.485 e. The Bertz CT molecular complexity index is 1270. The van der Waals surface area contributed by atoms with Crippen molar-refractivity contribution in [1.82, 2.24) is 4.98 Å². The molecule has 1 aromatic heterocycles. The number of aliphatic imine (C=N–C) groups is 1. The predicted molar refractivity (Wildman–Crippen MR) is 128 cm³/mol. The van der Waals surface area contributed by atoms with E-state index in [1.165, 1.54) is 31.2 Å². The summed E-state index contributed by atoms with van der Waals surface area (Å²) in [6.45, 7) is 6.81. The summed E-state index contributed by atoms with van der Waals surface area (Å²) in [4.78, 5) is 22.3. The molecule has 2 N–H and O–H groups in total. The topological polar surface area (TPSA) is 77.6 Å². The SMILES string of the molecule is CC(=O)[C@@]1(N=C(C)N)C[C@@](C)(Cc2ccc(F)cc2)Oc2cnc(-c3cc(C)cc(F)c3)cc21. The van der Waals surface area contributed by atoms with Crippen molar-refractivity contribution in [3.05, 3.63) is 83.1 Å². The third-order valence-electron chi connectivity index (χ3n) is 6.08. The third-order valence-corrected chi connectivity index (χ3v) is 6.08. The molecule has 0 saturated carbocycles. The van der Waals surface area contributed by atoms with Gasteiger partial charge in [0.2, 0.25) is 0 Å². The lowest BCUT2D eigenvalue weighted by Crippen LogP contribution is -2.50. The van der Waals surface area contributed by atoms with Crippen LogP contribution in [0.25, 0.3) is 11.3 Å². The fraction of sp³-hybridized carbons (Fsp3) is 0.296. The minimum absolute atomic E-state index is 0.195. The second kappa shape index (κ2) is 8.63. The number of Topliss-reactive ketones (excluding diaryl/α,β-unsaturated/α-hetero) is 1. The molecular formula is C27H27F2N3O2. The maximum absolute atomic E-state index is 14.1. The Balaban J connectivity index is 1.87. The minimum atomic E-state index is -1.30. The highest BCUT2D eigenvalue weighted by Gasteiger charge is 2.51. The van der Waals surface area contributed by atoms with Gasteiger partial charge in [-0.2, -0.15) is 0 Å². The molecule has 2 aromatic carbocycles. The van der Waals surface area contributed by atoms with Gasteiger partial charge in [-0.15, -0.1) is 0 Å². The van der Waals surface area contributed by atoms with Crippen molar-refractivity contribution in [3.63, 3.8) is 0 Å².